The number of anilines is 1. The van der Waals surface area contributed by atoms with E-state index in [2.05, 4.69) is 10.3 Å². The molecule has 1 unspecified atom stereocenters. The Bertz CT molecular complexity index is 787. The molecule has 5 heteroatoms. The third kappa shape index (κ3) is 2.16. The van der Waals surface area contributed by atoms with Gasteiger partial charge in [-0.15, -0.1) is 0 Å². The van der Waals surface area contributed by atoms with Gasteiger partial charge in [0.2, 0.25) is 5.91 Å². The van der Waals surface area contributed by atoms with E-state index >= 15 is 0 Å². The van der Waals surface area contributed by atoms with Crippen LogP contribution >= 0.6 is 11.6 Å². The Labute approximate surface area is 133 Å². The SMILES string of the molecule is O=C1CC(C2=Nc3ccccc3[N]2)CN1c1ccccc1Cl. The molecule has 4 rings (SSSR count). The summed E-state index contributed by atoms with van der Waals surface area (Å²) in [5, 5.41) is 5.14. The van der Waals surface area contributed by atoms with E-state index in [1.165, 1.54) is 0 Å². The fourth-order valence-corrected chi connectivity index (χ4v) is 3.13. The molecular weight excluding hydrogens is 298 g/mol. The molecule has 0 spiro atoms. The van der Waals surface area contributed by atoms with Crippen molar-refractivity contribution in [2.75, 3.05) is 11.4 Å². The van der Waals surface area contributed by atoms with Gasteiger partial charge in [0, 0.05) is 18.9 Å². The van der Waals surface area contributed by atoms with E-state index in [1.807, 2.05) is 42.5 Å². The Kier molecular flexibility index (Phi) is 3.12. The maximum absolute atomic E-state index is 12.3. The van der Waals surface area contributed by atoms with Crippen LogP contribution in [-0.4, -0.2) is 18.3 Å². The second-order valence-electron chi connectivity index (χ2n) is 5.43. The van der Waals surface area contributed by atoms with E-state index in [9.17, 15) is 4.79 Å². The first-order valence-electron chi connectivity index (χ1n) is 7.16. The molecule has 2 aromatic carbocycles. The zero-order valence-electron chi connectivity index (χ0n) is 11.7. The average molecular weight is 311 g/mol. The predicted molar refractivity (Wildman–Crippen MR) is 87.2 cm³/mol. The second-order valence-corrected chi connectivity index (χ2v) is 5.83. The number of halogens is 1. The number of hydrogen-bond donors (Lipinski definition) is 0. The second kappa shape index (κ2) is 5.14. The first-order chi connectivity index (χ1) is 10.7. The van der Waals surface area contributed by atoms with Crippen LogP contribution in [0.1, 0.15) is 6.42 Å². The van der Waals surface area contributed by atoms with Crippen LogP contribution in [0, 0.1) is 5.92 Å². The van der Waals surface area contributed by atoms with Gasteiger partial charge in [-0.2, -0.15) is 0 Å². The molecular formula is C17H13ClN3O. The number of rotatable bonds is 2. The number of nitrogens with zero attached hydrogens (tertiary/aromatic N) is 3. The first-order valence-corrected chi connectivity index (χ1v) is 7.54. The molecule has 2 aliphatic heterocycles. The highest BCUT2D eigenvalue weighted by Crippen LogP contribution is 2.36. The third-order valence-electron chi connectivity index (χ3n) is 3.99. The van der Waals surface area contributed by atoms with Crippen molar-refractivity contribution in [3.8, 4) is 0 Å². The maximum atomic E-state index is 12.3. The van der Waals surface area contributed by atoms with Crippen LogP contribution < -0.4 is 10.2 Å². The van der Waals surface area contributed by atoms with Crippen LogP contribution in [0.15, 0.2) is 53.5 Å². The van der Waals surface area contributed by atoms with Gasteiger partial charge in [-0.05, 0) is 24.3 Å². The smallest absolute Gasteiger partial charge is 0.227 e. The number of amidine groups is 1. The molecule has 0 aromatic heterocycles. The molecule has 22 heavy (non-hydrogen) atoms. The molecule has 0 N–H and O–H groups in total. The van der Waals surface area contributed by atoms with E-state index in [-0.39, 0.29) is 11.8 Å². The lowest BCUT2D eigenvalue weighted by atomic mass is 10.1. The van der Waals surface area contributed by atoms with Crippen LogP contribution in [0.25, 0.3) is 0 Å². The summed E-state index contributed by atoms with van der Waals surface area (Å²) in [7, 11) is 0. The summed E-state index contributed by atoms with van der Waals surface area (Å²) in [5.41, 5.74) is 2.51. The summed E-state index contributed by atoms with van der Waals surface area (Å²) in [6.45, 7) is 0.568. The van der Waals surface area contributed by atoms with Gasteiger partial charge in [0.15, 0.2) is 0 Å². The summed E-state index contributed by atoms with van der Waals surface area (Å²) in [6, 6.07) is 15.2. The Morgan fingerprint density at radius 1 is 1.05 bits per heavy atom. The maximum Gasteiger partial charge on any atom is 0.227 e. The normalized spacial score (nSPS) is 19.9. The van der Waals surface area contributed by atoms with Crippen LogP contribution in [0.3, 0.4) is 0 Å². The van der Waals surface area contributed by atoms with Crippen LogP contribution in [0.2, 0.25) is 5.02 Å². The number of amides is 1. The molecule has 0 aliphatic carbocycles. The van der Waals surface area contributed by atoms with Gasteiger partial charge in [0.05, 0.1) is 22.1 Å². The van der Waals surface area contributed by atoms with Crippen LogP contribution in [-0.2, 0) is 4.79 Å². The summed E-state index contributed by atoms with van der Waals surface area (Å²) in [4.78, 5) is 18.6. The van der Waals surface area contributed by atoms with Crippen molar-refractivity contribution >= 4 is 40.4 Å². The molecule has 1 fully saturated rings. The quantitative estimate of drug-likeness (QED) is 0.834. The predicted octanol–water partition coefficient (Wildman–Crippen LogP) is 3.67. The molecule has 0 saturated carbocycles. The molecule has 109 valence electrons. The summed E-state index contributed by atoms with van der Waals surface area (Å²) in [5.74, 6) is 0.812. The van der Waals surface area contributed by atoms with Gasteiger partial charge >= 0.3 is 0 Å². The number of fused-ring (bicyclic) bond motifs is 1. The van der Waals surface area contributed by atoms with E-state index in [4.69, 9.17) is 11.6 Å². The van der Waals surface area contributed by atoms with Crippen molar-refractivity contribution in [1.29, 1.82) is 0 Å². The van der Waals surface area contributed by atoms with E-state index in [0.29, 0.717) is 18.0 Å². The number of aliphatic imine (C=N–C) groups is 1. The topological polar surface area (TPSA) is 46.8 Å². The summed E-state index contributed by atoms with van der Waals surface area (Å²) < 4.78 is 0. The Balaban J connectivity index is 1.58. The highest BCUT2D eigenvalue weighted by Gasteiger charge is 2.36. The summed E-state index contributed by atoms with van der Waals surface area (Å²) in [6.07, 6.45) is 0.418. The standard InChI is InChI=1S/C17H13ClN3O/c18-12-5-1-4-8-15(12)21-10-11(9-16(21)22)17-19-13-6-2-3-7-14(13)20-17/h1-8,11H,9-10H2. The van der Waals surface area contributed by atoms with Crippen molar-refractivity contribution < 1.29 is 4.79 Å². The molecule has 2 aromatic rings. The molecule has 2 aliphatic rings. The Hall–Kier alpha value is -2.33. The third-order valence-corrected chi connectivity index (χ3v) is 4.30. The molecule has 0 bridgehead atoms. The van der Waals surface area contributed by atoms with Crippen molar-refractivity contribution in [3.05, 3.63) is 53.6 Å². The largest absolute Gasteiger partial charge is 0.310 e. The number of carbonyl (C=O) groups is 1. The zero-order chi connectivity index (χ0) is 15.1. The minimum absolute atomic E-state index is 0.0103. The molecule has 1 saturated heterocycles. The van der Waals surface area contributed by atoms with Gasteiger partial charge in [0.1, 0.15) is 5.84 Å². The Morgan fingerprint density at radius 2 is 1.77 bits per heavy atom. The van der Waals surface area contributed by atoms with Gasteiger partial charge in [-0.3, -0.25) is 4.79 Å². The Morgan fingerprint density at radius 3 is 2.55 bits per heavy atom. The molecule has 2 heterocycles. The van der Waals surface area contributed by atoms with E-state index < -0.39 is 0 Å². The monoisotopic (exact) mass is 310 g/mol. The number of hydrogen-bond acceptors (Lipinski definition) is 2. The highest BCUT2D eigenvalue weighted by atomic mass is 35.5. The zero-order valence-corrected chi connectivity index (χ0v) is 12.5. The van der Waals surface area contributed by atoms with Crippen molar-refractivity contribution in [2.24, 2.45) is 10.9 Å². The number of para-hydroxylation sites is 3. The molecule has 1 radical (unpaired) electrons. The molecule has 1 atom stereocenters. The lowest BCUT2D eigenvalue weighted by Gasteiger charge is -2.17. The first kappa shape index (κ1) is 13.3. The average Bonchev–Trinajstić information content (AvgIpc) is 3.11. The molecule has 4 nitrogen and oxygen atoms in total. The van der Waals surface area contributed by atoms with Crippen molar-refractivity contribution in [1.82, 2.24) is 5.32 Å². The van der Waals surface area contributed by atoms with E-state index in [1.54, 1.807) is 11.0 Å². The minimum atomic E-state index is 0.0103. The minimum Gasteiger partial charge on any atom is -0.310 e. The fourth-order valence-electron chi connectivity index (χ4n) is 2.89. The summed E-state index contributed by atoms with van der Waals surface area (Å²) >= 11 is 6.20. The van der Waals surface area contributed by atoms with Gasteiger partial charge in [-0.25, -0.2) is 10.3 Å². The van der Waals surface area contributed by atoms with Crippen LogP contribution in [0.5, 0.6) is 0 Å². The van der Waals surface area contributed by atoms with Gasteiger partial charge < -0.3 is 4.90 Å². The molecule has 1 amide bonds. The van der Waals surface area contributed by atoms with E-state index in [0.717, 1.165) is 22.9 Å². The number of carbonyl (C=O) groups excluding carboxylic acids is 1. The van der Waals surface area contributed by atoms with Gasteiger partial charge in [-0.1, -0.05) is 35.9 Å². The number of benzene rings is 2. The lowest BCUT2D eigenvalue weighted by Crippen LogP contribution is -2.27. The van der Waals surface area contributed by atoms with Crippen molar-refractivity contribution in [3.63, 3.8) is 0 Å². The van der Waals surface area contributed by atoms with Crippen LogP contribution in [0.4, 0.5) is 17.1 Å². The fraction of sp³-hybridized carbons (Fsp3) is 0.176. The highest BCUT2D eigenvalue weighted by molar-refractivity contribution is 6.33. The van der Waals surface area contributed by atoms with Crippen molar-refractivity contribution in [2.45, 2.75) is 6.42 Å². The van der Waals surface area contributed by atoms with Gasteiger partial charge in [0.25, 0.3) is 0 Å². The lowest BCUT2D eigenvalue weighted by molar-refractivity contribution is -0.117.